The highest BCUT2D eigenvalue weighted by atomic mass is 16.2. The molecule has 1 aromatic carbocycles. The van der Waals surface area contributed by atoms with Crippen molar-refractivity contribution >= 4 is 34.7 Å². The van der Waals surface area contributed by atoms with Gasteiger partial charge in [-0.3, -0.25) is 14.6 Å². The Kier molecular flexibility index (Phi) is 4.84. The zero-order valence-electron chi connectivity index (χ0n) is 15.5. The highest BCUT2D eigenvalue weighted by Gasteiger charge is 2.23. The summed E-state index contributed by atoms with van der Waals surface area (Å²) in [5, 5.41) is 4.28. The van der Waals surface area contributed by atoms with Gasteiger partial charge in [-0.1, -0.05) is 18.2 Å². The Balaban J connectivity index is 1.59. The normalized spacial score (nSPS) is 14.2. The minimum absolute atomic E-state index is 0.157. The molecule has 1 fully saturated rings. The molecule has 3 heterocycles. The van der Waals surface area contributed by atoms with Gasteiger partial charge in [0.25, 0.3) is 5.91 Å². The number of aromatic nitrogens is 3. The van der Waals surface area contributed by atoms with Gasteiger partial charge in [0.2, 0.25) is 6.41 Å². The van der Waals surface area contributed by atoms with E-state index >= 15 is 0 Å². The van der Waals surface area contributed by atoms with Crippen LogP contribution in [0, 0.1) is 6.92 Å². The van der Waals surface area contributed by atoms with Gasteiger partial charge in [-0.2, -0.15) is 0 Å². The lowest BCUT2D eigenvalue weighted by Gasteiger charge is -2.32. The quantitative estimate of drug-likeness (QED) is 0.700. The number of pyridine rings is 1. The molecule has 4 rings (SSSR count). The van der Waals surface area contributed by atoms with Crippen LogP contribution in [0.5, 0.6) is 0 Å². The number of piperazine rings is 1. The lowest BCUT2D eigenvalue weighted by atomic mass is 10.2. The number of fused-ring (bicyclic) bond motifs is 1. The maximum Gasteiger partial charge on any atom is 0.272 e. The third kappa shape index (κ3) is 3.62. The van der Waals surface area contributed by atoms with E-state index < -0.39 is 0 Å². The SMILES string of the molecule is Cc1nc(Nc2cccc3cccnc23)cc(C(=O)N2CCN(C=O)CC2)n1. The van der Waals surface area contributed by atoms with Crippen LogP contribution in [0.2, 0.25) is 0 Å². The van der Waals surface area contributed by atoms with Crippen molar-refractivity contribution in [3.05, 3.63) is 54.1 Å². The number of hydrogen-bond acceptors (Lipinski definition) is 6. The number of amides is 2. The van der Waals surface area contributed by atoms with E-state index in [1.165, 1.54) is 0 Å². The van der Waals surface area contributed by atoms with Crippen LogP contribution in [0.15, 0.2) is 42.6 Å². The van der Waals surface area contributed by atoms with Crippen molar-refractivity contribution in [2.24, 2.45) is 0 Å². The molecule has 142 valence electrons. The van der Waals surface area contributed by atoms with Crippen LogP contribution in [0.3, 0.4) is 0 Å². The highest BCUT2D eigenvalue weighted by Crippen LogP contribution is 2.24. The predicted molar refractivity (Wildman–Crippen MR) is 105 cm³/mol. The number of anilines is 2. The van der Waals surface area contributed by atoms with Crippen LogP contribution in [-0.2, 0) is 4.79 Å². The summed E-state index contributed by atoms with van der Waals surface area (Å²) in [5.41, 5.74) is 1.98. The van der Waals surface area contributed by atoms with Gasteiger partial charge in [0.15, 0.2) is 0 Å². The van der Waals surface area contributed by atoms with Gasteiger partial charge in [-0.05, 0) is 19.1 Å². The Morgan fingerprint density at radius 1 is 1.11 bits per heavy atom. The fourth-order valence-corrected chi connectivity index (χ4v) is 3.28. The fraction of sp³-hybridized carbons (Fsp3) is 0.250. The summed E-state index contributed by atoms with van der Waals surface area (Å²) in [6, 6.07) is 11.4. The molecule has 0 bridgehead atoms. The van der Waals surface area contributed by atoms with Crippen molar-refractivity contribution in [1.29, 1.82) is 0 Å². The van der Waals surface area contributed by atoms with E-state index in [4.69, 9.17) is 0 Å². The molecule has 0 aliphatic carbocycles. The number of rotatable bonds is 4. The summed E-state index contributed by atoms with van der Waals surface area (Å²) in [6.07, 6.45) is 2.56. The topological polar surface area (TPSA) is 91.3 Å². The number of hydrogen-bond donors (Lipinski definition) is 1. The van der Waals surface area contributed by atoms with Gasteiger partial charge in [0, 0.05) is 43.8 Å². The first-order chi connectivity index (χ1) is 13.6. The summed E-state index contributed by atoms with van der Waals surface area (Å²) >= 11 is 0. The molecule has 0 atom stereocenters. The second-order valence-corrected chi connectivity index (χ2v) is 6.62. The number of nitrogens with one attached hydrogen (secondary N) is 1. The Morgan fingerprint density at radius 3 is 2.68 bits per heavy atom. The van der Waals surface area contributed by atoms with E-state index in [1.54, 1.807) is 29.0 Å². The van der Waals surface area contributed by atoms with Crippen molar-refractivity contribution in [1.82, 2.24) is 24.8 Å². The molecule has 3 aromatic rings. The number of aryl methyl sites for hydroxylation is 1. The van der Waals surface area contributed by atoms with Crippen molar-refractivity contribution in [3.8, 4) is 0 Å². The molecule has 0 unspecified atom stereocenters. The van der Waals surface area contributed by atoms with E-state index in [0.29, 0.717) is 43.5 Å². The molecule has 0 spiro atoms. The number of carbonyl (C=O) groups is 2. The molecule has 28 heavy (non-hydrogen) atoms. The van der Waals surface area contributed by atoms with Crippen molar-refractivity contribution in [3.63, 3.8) is 0 Å². The van der Waals surface area contributed by atoms with Gasteiger partial charge < -0.3 is 15.1 Å². The first-order valence-corrected chi connectivity index (χ1v) is 9.09. The molecule has 1 N–H and O–H groups in total. The number of nitrogens with zero attached hydrogens (tertiary/aromatic N) is 5. The van der Waals surface area contributed by atoms with Crippen molar-refractivity contribution < 1.29 is 9.59 Å². The average Bonchev–Trinajstić information content (AvgIpc) is 2.73. The molecule has 1 aliphatic rings. The third-order valence-corrected chi connectivity index (χ3v) is 4.70. The van der Waals surface area contributed by atoms with Crippen LogP contribution >= 0.6 is 0 Å². The second-order valence-electron chi connectivity index (χ2n) is 6.62. The second kappa shape index (κ2) is 7.59. The molecule has 0 radical (unpaired) electrons. The number of carbonyl (C=O) groups excluding carboxylic acids is 2. The standard InChI is InChI=1S/C20H20N6O2/c1-14-22-17(20(28)26-10-8-25(13-27)9-11-26)12-18(23-14)24-16-6-2-4-15-5-3-7-21-19(15)16/h2-7,12-13H,8-11H2,1H3,(H,22,23,24). The monoisotopic (exact) mass is 376 g/mol. The summed E-state index contributed by atoms with van der Waals surface area (Å²) in [5.74, 6) is 0.892. The molecule has 2 amide bonds. The van der Waals surface area contributed by atoms with Crippen LogP contribution < -0.4 is 5.32 Å². The average molecular weight is 376 g/mol. The molecular weight excluding hydrogens is 356 g/mol. The lowest BCUT2D eigenvalue weighted by Crippen LogP contribution is -2.48. The molecule has 0 saturated carbocycles. The molecule has 2 aromatic heterocycles. The summed E-state index contributed by atoms with van der Waals surface area (Å²) in [4.78, 5) is 40.2. The Morgan fingerprint density at radius 2 is 1.89 bits per heavy atom. The van der Waals surface area contributed by atoms with Gasteiger partial charge in [-0.25, -0.2) is 9.97 Å². The molecular formula is C20H20N6O2. The van der Waals surface area contributed by atoms with Gasteiger partial charge in [-0.15, -0.1) is 0 Å². The number of benzene rings is 1. The van der Waals surface area contributed by atoms with E-state index in [1.807, 2.05) is 30.3 Å². The molecule has 1 saturated heterocycles. The Labute approximate surface area is 162 Å². The van der Waals surface area contributed by atoms with Gasteiger partial charge in [0.05, 0.1) is 11.2 Å². The van der Waals surface area contributed by atoms with E-state index in [2.05, 4.69) is 20.3 Å². The zero-order valence-corrected chi connectivity index (χ0v) is 15.5. The molecule has 8 nitrogen and oxygen atoms in total. The summed E-state index contributed by atoms with van der Waals surface area (Å²) < 4.78 is 0. The largest absolute Gasteiger partial charge is 0.342 e. The minimum atomic E-state index is -0.157. The minimum Gasteiger partial charge on any atom is -0.342 e. The Hall–Kier alpha value is -3.55. The molecule has 1 aliphatic heterocycles. The van der Waals surface area contributed by atoms with Gasteiger partial charge >= 0.3 is 0 Å². The lowest BCUT2D eigenvalue weighted by molar-refractivity contribution is -0.119. The van der Waals surface area contributed by atoms with Gasteiger partial charge in [0.1, 0.15) is 17.3 Å². The van der Waals surface area contributed by atoms with E-state index in [9.17, 15) is 9.59 Å². The Bertz CT molecular complexity index is 1020. The first kappa shape index (κ1) is 17.8. The summed E-state index contributed by atoms with van der Waals surface area (Å²) in [7, 11) is 0. The maximum atomic E-state index is 12.9. The van der Waals surface area contributed by atoms with E-state index in [-0.39, 0.29) is 5.91 Å². The van der Waals surface area contributed by atoms with Crippen LogP contribution in [-0.4, -0.2) is 63.2 Å². The third-order valence-electron chi connectivity index (χ3n) is 4.70. The summed E-state index contributed by atoms with van der Waals surface area (Å²) in [6.45, 7) is 3.82. The van der Waals surface area contributed by atoms with Crippen LogP contribution in [0.25, 0.3) is 10.9 Å². The first-order valence-electron chi connectivity index (χ1n) is 9.09. The van der Waals surface area contributed by atoms with Crippen LogP contribution in [0.1, 0.15) is 16.3 Å². The molecule has 8 heteroatoms. The van der Waals surface area contributed by atoms with E-state index in [0.717, 1.165) is 23.0 Å². The van der Waals surface area contributed by atoms with Crippen molar-refractivity contribution in [2.45, 2.75) is 6.92 Å². The highest BCUT2D eigenvalue weighted by molar-refractivity contribution is 5.94. The zero-order chi connectivity index (χ0) is 19.5. The fourth-order valence-electron chi connectivity index (χ4n) is 3.28. The smallest absolute Gasteiger partial charge is 0.272 e. The number of para-hydroxylation sites is 1. The maximum absolute atomic E-state index is 12.9. The predicted octanol–water partition coefficient (Wildman–Crippen LogP) is 1.99. The van der Waals surface area contributed by atoms with Crippen molar-refractivity contribution in [2.75, 3.05) is 31.5 Å². The van der Waals surface area contributed by atoms with Crippen LogP contribution in [0.4, 0.5) is 11.5 Å².